The van der Waals surface area contributed by atoms with Gasteiger partial charge in [-0.25, -0.2) is 0 Å². The summed E-state index contributed by atoms with van der Waals surface area (Å²) >= 11 is 0. The first kappa shape index (κ1) is 10.3. The van der Waals surface area contributed by atoms with Crippen molar-refractivity contribution in [1.82, 2.24) is 5.32 Å². The third kappa shape index (κ3) is 1.57. The molecule has 0 radical (unpaired) electrons. The molecule has 1 N–H and O–H groups in total. The molecule has 3 rings (SSSR count). The Morgan fingerprint density at radius 2 is 2.06 bits per heavy atom. The van der Waals surface area contributed by atoms with E-state index in [1.807, 2.05) is 0 Å². The van der Waals surface area contributed by atoms with Crippen LogP contribution < -0.4 is 5.32 Å². The zero-order valence-electron chi connectivity index (χ0n) is 9.61. The first-order valence-corrected chi connectivity index (χ1v) is 6.35. The highest BCUT2D eigenvalue weighted by Crippen LogP contribution is 2.41. The lowest BCUT2D eigenvalue weighted by molar-refractivity contribution is -0.122. The SMILES string of the molecule is c1ccc(C23CCCCC2NCCO3)cc1. The highest BCUT2D eigenvalue weighted by molar-refractivity contribution is 5.26. The van der Waals surface area contributed by atoms with Gasteiger partial charge in [0.2, 0.25) is 0 Å². The lowest BCUT2D eigenvalue weighted by Gasteiger charge is -2.48. The zero-order chi connectivity index (χ0) is 10.8. The summed E-state index contributed by atoms with van der Waals surface area (Å²) < 4.78 is 6.19. The zero-order valence-corrected chi connectivity index (χ0v) is 9.61. The highest BCUT2D eigenvalue weighted by atomic mass is 16.5. The third-order valence-corrected chi connectivity index (χ3v) is 3.97. The van der Waals surface area contributed by atoms with Crippen molar-refractivity contribution < 1.29 is 4.74 Å². The summed E-state index contributed by atoms with van der Waals surface area (Å²) in [6.07, 6.45) is 5.02. The lowest BCUT2D eigenvalue weighted by Crippen LogP contribution is -2.57. The predicted octanol–water partition coefficient (Wildman–Crippen LogP) is 2.44. The van der Waals surface area contributed by atoms with Crippen LogP contribution in [0.5, 0.6) is 0 Å². The van der Waals surface area contributed by atoms with E-state index in [4.69, 9.17) is 4.74 Å². The van der Waals surface area contributed by atoms with Gasteiger partial charge in [0, 0.05) is 12.6 Å². The van der Waals surface area contributed by atoms with Crippen LogP contribution in [0.2, 0.25) is 0 Å². The van der Waals surface area contributed by atoms with Gasteiger partial charge in [0.1, 0.15) is 5.60 Å². The molecule has 2 heteroatoms. The van der Waals surface area contributed by atoms with E-state index < -0.39 is 0 Å². The first-order chi connectivity index (χ1) is 7.92. The molecular formula is C14H19NO. The van der Waals surface area contributed by atoms with Crippen LogP contribution in [0.3, 0.4) is 0 Å². The van der Waals surface area contributed by atoms with Crippen LogP contribution >= 0.6 is 0 Å². The van der Waals surface area contributed by atoms with Gasteiger partial charge >= 0.3 is 0 Å². The maximum absolute atomic E-state index is 6.19. The number of ether oxygens (including phenoxy) is 1. The fraction of sp³-hybridized carbons (Fsp3) is 0.571. The van der Waals surface area contributed by atoms with Crippen LogP contribution in [0.25, 0.3) is 0 Å². The number of fused-ring (bicyclic) bond motifs is 1. The van der Waals surface area contributed by atoms with Gasteiger partial charge in [-0.2, -0.15) is 0 Å². The van der Waals surface area contributed by atoms with E-state index in [0.717, 1.165) is 19.6 Å². The van der Waals surface area contributed by atoms with E-state index in [1.165, 1.54) is 24.8 Å². The molecule has 2 aliphatic rings. The molecule has 1 aromatic rings. The predicted molar refractivity (Wildman–Crippen MR) is 64.3 cm³/mol. The molecule has 0 amide bonds. The Balaban J connectivity index is 1.98. The number of morpholine rings is 1. The van der Waals surface area contributed by atoms with Crippen LogP contribution in [-0.4, -0.2) is 19.2 Å². The molecule has 2 nitrogen and oxygen atoms in total. The summed E-state index contributed by atoms with van der Waals surface area (Å²) in [5.41, 5.74) is 1.31. The maximum atomic E-state index is 6.19. The summed E-state index contributed by atoms with van der Waals surface area (Å²) in [5, 5.41) is 3.64. The van der Waals surface area contributed by atoms with Gasteiger partial charge in [-0.05, 0) is 18.4 Å². The van der Waals surface area contributed by atoms with Gasteiger partial charge in [-0.1, -0.05) is 43.2 Å². The van der Waals surface area contributed by atoms with Crippen LogP contribution in [0.4, 0.5) is 0 Å². The van der Waals surface area contributed by atoms with Gasteiger partial charge in [0.15, 0.2) is 0 Å². The Bertz CT molecular complexity index is 337. The third-order valence-electron chi connectivity index (χ3n) is 3.97. The molecule has 2 unspecified atom stereocenters. The summed E-state index contributed by atoms with van der Waals surface area (Å²) in [7, 11) is 0. The fourth-order valence-electron chi connectivity index (χ4n) is 3.20. The summed E-state index contributed by atoms with van der Waals surface area (Å²) in [6.45, 7) is 1.84. The Morgan fingerprint density at radius 1 is 1.19 bits per heavy atom. The molecule has 2 fully saturated rings. The van der Waals surface area contributed by atoms with Crippen molar-refractivity contribution in [2.45, 2.75) is 37.3 Å². The normalized spacial score (nSPS) is 34.4. The molecule has 1 aliphatic carbocycles. The molecule has 1 saturated heterocycles. The topological polar surface area (TPSA) is 21.3 Å². The van der Waals surface area contributed by atoms with Crippen LogP contribution in [-0.2, 0) is 10.3 Å². The second kappa shape index (κ2) is 4.19. The molecule has 16 heavy (non-hydrogen) atoms. The maximum Gasteiger partial charge on any atom is 0.108 e. The quantitative estimate of drug-likeness (QED) is 0.780. The average Bonchev–Trinajstić information content (AvgIpc) is 2.40. The Kier molecular flexibility index (Phi) is 2.70. The van der Waals surface area contributed by atoms with Crippen molar-refractivity contribution in [2.75, 3.05) is 13.2 Å². The van der Waals surface area contributed by atoms with E-state index >= 15 is 0 Å². The largest absolute Gasteiger partial charge is 0.367 e. The summed E-state index contributed by atoms with van der Waals surface area (Å²) in [5.74, 6) is 0. The van der Waals surface area contributed by atoms with Crippen molar-refractivity contribution in [3.8, 4) is 0 Å². The molecule has 1 saturated carbocycles. The minimum atomic E-state index is -0.0439. The number of hydrogen-bond donors (Lipinski definition) is 1. The molecule has 1 heterocycles. The summed E-state index contributed by atoms with van der Waals surface area (Å²) in [6, 6.07) is 11.3. The lowest BCUT2D eigenvalue weighted by atomic mass is 9.75. The van der Waals surface area contributed by atoms with Crippen molar-refractivity contribution in [3.05, 3.63) is 35.9 Å². The highest BCUT2D eigenvalue weighted by Gasteiger charge is 2.44. The smallest absolute Gasteiger partial charge is 0.108 e. The monoisotopic (exact) mass is 217 g/mol. The van der Waals surface area contributed by atoms with E-state index in [-0.39, 0.29) is 5.60 Å². The fourth-order valence-corrected chi connectivity index (χ4v) is 3.20. The van der Waals surface area contributed by atoms with E-state index in [1.54, 1.807) is 0 Å². The minimum Gasteiger partial charge on any atom is -0.367 e. The van der Waals surface area contributed by atoms with Gasteiger partial charge < -0.3 is 10.1 Å². The number of nitrogens with one attached hydrogen (secondary N) is 1. The van der Waals surface area contributed by atoms with Gasteiger partial charge in [-0.15, -0.1) is 0 Å². The van der Waals surface area contributed by atoms with Crippen LogP contribution in [0.15, 0.2) is 30.3 Å². The Labute approximate surface area is 97.0 Å². The number of benzene rings is 1. The average molecular weight is 217 g/mol. The molecule has 2 atom stereocenters. The molecule has 1 aliphatic heterocycles. The van der Waals surface area contributed by atoms with Gasteiger partial charge in [-0.3, -0.25) is 0 Å². The van der Waals surface area contributed by atoms with Crippen LogP contribution in [0, 0.1) is 0 Å². The second-order valence-corrected chi connectivity index (χ2v) is 4.86. The van der Waals surface area contributed by atoms with E-state index in [0.29, 0.717) is 6.04 Å². The first-order valence-electron chi connectivity index (χ1n) is 6.35. The number of rotatable bonds is 1. The van der Waals surface area contributed by atoms with Crippen molar-refractivity contribution in [2.24, 2.45) is 0 Å². The van der Waals surface area contributed by atoms with E-state index in [2.05, 4.69) is 35.6 Å². The van der Waals surface area contributed by atoms with Gasteiger partial charge in [0.25, 0.3) is 0 Å². The minimum absolute atomic E-state index is 0.0439. The van der Waals surface area contributed by atoms with Gasteiger partial charge in [0.05, 0.1) is 6.61 Å². The molecule has 0 aromatic heterocycles. The molecule has 0 spiro atoms. The molecular weight excluding hydrogens is 198 g/mol. The second-order valence-electron chi connectivity index (χ2n) is 4.86. The van der Waals surface area contributed by atoms with Crippen LogP contribution in [0.1, 0.15) is 31.2 Å². The van der Waals surface area contributed by atoms with Crippen molar-refractivity contribution >= 4 is 0 Å². The molecule has 1 aromatic carbocycles. The van der Waals surface area contributed by atoms with Crippen molar-refractivity contribution in [3.63, 3.8) is 0 Å². The Hall–Kier alpha value is -0.860. The van der Waals surface area contributed by atoms with E-state index in [9.17, 15) is 0 Å². The molecule has 86 valence electrons. The van der Waals surface area contributed by atoms with Crippen molar-refractivity contribution in [1.29, 1.82) is 0 Å². The standard InChI is InChI=1S/C14H19NO/c1-2-6-12(7-3-1)14-9-5-4-8-13(14)15-10-11-16-14/h1-3,6-7,13,15H,4-5,8-11H2. The molecule has 0 bridgehead atoms. The summed E-state index contributed by atoms with van der Waals surface area (Å²) in [4.78, 5) is 0. The Morgan fingerprint density at radius 3 is 2.94 bits per heavy atom. The number of hydrogen-bond acceptors (Lipinski definition) is 2.